The molecule has 0 aliphatic carbocycles. The first-order chi connectivity index (χ1) is 13.1. The summed E-state index contributed by atoms with van der Waals surface area (Å²) in [5.74, 6) is -0.772. The molecule has 2 rings (SSSR count). The van der Waals surface area contributed by atoms with Crippen molar-refractivity contribution >= 4 is 27.6 Å². The highest BCUT2D eigenvalue weighted by Crippen LogP contribution is 2.19. The lowest BCUT2D eigenvalue weighted by molar-refractivity contribution is -0.123. The lowest BCUT2D eigenvalue weighted by Gasteiger charge is -2.15. The van der Waals surface area contributed by atoms with E-state index in [-0.39, 0.29) is 16.1 Å². The molecule has 0 aliphatic rings. The van der Waals surface area contributed by atoms with Crippen molar-refractivity contribution in [3.63, 3.8) is 0 Å². The molecule has 0 saturated heterocycles. The molecule has 0 unspecified atom stereocenters. The van der Waals surface area contributed by atoms with Crippen molar-refractivity contribution < 1.29 is 27.5 Å². The monoisotopic (exact) mass is 406 g/mol. The minimum Gasteiger partial charge on any atom is -0.497 e. The zero-order valence-corrected chi connectivity index (χ0v) is 16.8. The first-order valence-corrected chi connectivity index (χ1v) is 9.77. The van der Waals surface area contributed by atoms with Crippen LogP contribution in [-0.2, 0) is 19.6 Å². The number of nitrogens with zero attached hydrogens (tertiary/aromatic N) is 1. The van der Waals surface area contributed by atoms with Crippen LogP contribution in [0.4, 0.5) is 5.69 Å². The molecule has 0 aliphatic heterocycles. The Morgan fingerprint density at radius 3 is 2.39 bits per heavy atom. The Balaban J connectivity index is 2.07. The van der Waals surface area contributed by atoms with Crippen LogP contribution in [0.3, 0.4) is 0 Å². The van der Waals surface area contributed by atoms with E-state index in [1.54, 1.807) is 24.3 Å². The number of carbonyl (C=O) groups is 2. The Morgan fingerprint density at radius 2 is 1.75 bits per heavy atom. The highest BCUT2D eigenvalue weighted by Gasteiger charge is 2.21. The number of carbonyl (C=O) groups excluding carboxylic acids is 2. The fraction of sp³-hybridized carbons (Fsp3) is 0.263. The Kier molecular flexibility index (Phi) is 6.76. The van der Waals surface area contributed by atoms with Gasteiger partial charge in [-0.3, -0.25) is 4.79 Å². The van der Waals surface area contributed by atoms with Gasteiger partial charge in [-0.2, -0.15) is 0 Å². The lowest BCUT2D eigenvalue weighted by atomic mass is 10.2. The third kappa shape index (κ3) is 5.08. The summed E-state index contributed by atoms with van der Waals surface area (Å²) in [5.41, 5.74) is 0.523. The number of benzene rings is 2. The SMILES string of the molecule is COc1cccc(C(=O)O[C@H](C)C(=O)Nc2cccc(S(=O)(=O)N(C)C)c2)c1. The number of rotatable bonds is 7. The second-order valence-electron chi connectivity index (χ2n) is 6.08. The highest BCUT2D eigenvalue weighted by molar-refractivity contribution is 7.89. The molecule has 9 heteroatoms. The van der Waals surface area contributed by atoms with E-state index in [9.17, 15) is 18.0 Å². The second-order valence-corrected chi connectivity index (χ2v) is 8.24. The molecule has 150 valence electrons. The molecule has 0 bridgehead atoms. The largest absolute Gasteiger partial charge is 0.497 e. The Hall–Kier alpha value is -2.91. The summed E-state index contributed by atoms with van der Waals surface area (Å²) in [5, 5.41) is 2.55. The van der Waals surface area contributed by atoms with E-state index < -0.39 is 28.0 Å². The Labute approximate surface area is 164 Å². The first-order valence-electron chi connectivity index (χ1n) is 8.33. The lowest BCUT2D eigenvalue weighted by Crippen LogP contribution is -2.30. The third-order valence-electron chi connectivity index (χ3n) is 3.84. The van der Waals surface area contributed by atoms with Crippen LogP contribution < -0.4 is 10.1 Å². The number of methoxy groups -OCH3 is 1. The van der Waals surface area contributed by atoms with Crippen molar-refractivity contribution in [1.82, 2.24) is 4.31 Å². The molecule has 2 aromatic carbocycles. The summed E-state index contributed by atoms with van der Waals surface area (Å²) in [7, 11) is 0.680. The van der Waals surface area contributed by atoms with Gasteiger partial charge in [0.05, 0.1) is 17.6 Å². The number of hydrogen-bond acceptors (Lipinski definition) is 6. The molecule has 0 saturated carbocycles. The third-order valence-corrected chi connectivity index (χ3v) is 5.65. The summed E-state index contributed by atoms with van der Waals surface area (Å²) >= 11 is 0. The number of anilines is 1. The predicted molar refractivity (Wildman–Crippen MR) is 104 cm³/mol. The van der Waals surface area contributed by atoms with Gasteiger partial charge in [0.25, 0.3) is 5.91 Å². The maximum Gasteiger partial charge on any atom is 0.339 e. The van der Waals surface area contributed by atoms with E-state index in [0.717, 1.165) is 4.31 Å². The van der Waals surface area contributed by atoms with Crippen molar-refractivity contribution in [1.29, 1.82) is 0 Å². The number of nitrogens with one attached hydrogen (secondary N) is 1. The topological polar surface area (TPSA) is 102 Å². The molecule has 0 radical (unpaired) electrons. The standard InChI is InChI=1S/C19H22N2O6S/c1-13(27-19(23)14-7-5-9-16(11-14)26-4)18(22)20-15-8-6-10-17(12-15)28(24,25)21(2)3/h5-13H,1-4H3,(H,20,22)/t13-/m1/s1. The van der Waals surface area contributed by atoms with Gasteiger partial charge in [-0.25, -0.2) is 17.5 Å². The molecule has 1 N–H and O–H groups in total. The molecular weight excluding hydrogens is 384 g/mol. The predicted octanol–water partition coefficient (Wildman–Crippen LogP) is 2.13. The van der Waals surface area contributed by atoms with Gasteiger partial charge in [0.15, 0.2) is 6.10 Å². The average molecular weight is 406 g/mol. The van der Waals surface area contributed by atoms with Gasteiger partial charge >= 0.3 is 5.97 Å². The molecule has 1 atom stereocenters. The van der Waals surface area contributed by atoms with E-state index in [0.29, 0.717) is 5.75 Å². The van der Waals surface area contributed by atoms with E-state index in [1.807, 2.05) is 0 Å². The minimum absolute atomic E-state index is 0.0383. The van der Waals surface area contributed by atoms with Gasteiger partial charge in [-0.15, -0.1) is 0 Å². The van der Waals surface area contributed by atoms with Crippen LogP contribution in [0.5, 0.6) is 5.75 Å². The number of hydrogen-bond donors (Lipinski definition) is 1. The smallest absolute Gasteiger partial charge is 0.339 e. The van der Waals surface area contributed by atoms with Crippen molar-refractivity contribution in [2.75, 3.05) is 26.5 Å². The fourth-order valence-corrected chi connectivity index (χ4v) is 3.17. The van der Waals surface area contributed by atoms with Crippen molar-refractivity contribution in [3.05, 3.63) is 54.1 Å². The average Bonchev–Trinajstić information content (AvgIpc) is 2.67. The summed E-state index contributed by atoms with van der Waals surface area (Å²) in [6.45, 7) is 1.42. The number of esters is 1. The molecule has 0 spiro atoms. The van der Waals surface area contributed by atoms with Gasteiger partial charge in [0, 0.05) is 19.8 Å². The second kappa shape index (κ2) is 8.85. The zero-order valence-electron chi connectivity index (χ0n) is 16.0. The number of amides is 1. The summed E-state index contributed by atoms with van der Waals surface area (Å²) < 4.78 is 35.7. The summed E-state index contributed by atoms with van der Waals surface area (Å²) in [6.07, 6.45) is -1.09. The van der Waals surface area contributed by atoms with Crippen LogP contribution in [0.2, 0.25) is 0 Å². The van der Waals surface area contributed by atoms with Gasteiger partial charge in [-0.1, -0.05) is 12.1 Å². The molecule has 1 amide bonds. The fourth-order valence-electron chi connectivity index (χ4n) is 2.22. The molecular formula is C19H22N2O6S. The van der Waals surface area contributed by atoms with Crippen LogP contribution in [-0.4, -0.2) is 51.9 Å². The first kappa shape index (κ1) is 21.4. The number of sulfonamides is 1. The van der Waals surface area contributed by atoms with E-state index in [1.165, 1.54) is 52.4 Å². The quantitative estimate of drug-likeness (QED) is 0.707. The normalized spacial score (nSPS) is 12.3. The van der Waals surface area contributed by atoms with Crippen LogP contribution in [0.1, 0.15) is 17.3 Å². The van der Waals surface area contributed by atoms with Crippen LogP contribution in [0, 0.1) is 0 Å². The molecule has 28 heavy (non-hydrogen) atoms. The van der Waals surface area contributed by atoms with Crippen LogP contribution >= 0.6 is 0 Å². The van der Waals surface area contributed by atoms with Crippen molar-refractivity contribution in [2.24, 2.45) is 0 Å². The van der Waals surface area contributed by atoms with Gasteiger partial charge in [-0.05, 0) is 43.3 Å². The van der Waals surface area contributed by atoms with E-state index in [4.69, 9.17) is 9.47 Å². The van der Waals surface area contributed by atoms with Crippen LogP contribution in [0.15, 0.2) is 53.4 Å². The van der Waals surface area contributed by atoms with Crippen molar-refractivity contribution in [2.45, 2.75) is 17.9 Å². The maximum atomic E-state index is 12.3. The summed E-state index contributed by atoms with van der Waals surface area (Å²) in [6, 6.07) is 12.2. The molecule has 8 nitrogen and oxygen atoms in total. The van der Waals surface area contributed by atoms with Crippen LogP contribution in [0.25, 0.3) is 0 Å². The zero-order chi connectivity index (χ0) is 20.9. The Bertz CT molecular complexity index is 972. The van der Waals surface area contributed by atoms with Gasteiger partial charge in [0.2, 0.25) is 10.0 Å². The highest BCUT2D eigenvalue weighted by atomic mass is 32.2. The van der Waals surface area contributed by atoms with E-state index >= 15 is 0 Å². The Morgan fingerprint density at radius 1 is 1.07 bits per heavy atom. The van der Waals surface area contributed by atoms with E-state index in [2.05, 4.69) is 5.32 Å². The molecule has 0 fully saturated rings. The molecule has 2 aromatic rings. The molecule has 0 heterocycles. The molecule has 0 aromatic heterocycles. The minimum atomic E-state index is -3.63. The van der Waals surface area contributed by atoms with Crippen molar-refractivity contribution in [3.8, 4) is 5.75 Å². The summed E-state index contributed by atoms with van der Waals surface area (Å²) in [4.78, 5) is 24.6. The van der Waals surface area contributed by atoms with Gasteiger partial charge in [0.1, 0.15) is 5.75 Å². The van der Waals surface area contributed by atoms with Gasteiger partial charge < -0.3 is 14.8 Å². The maximum absolute atomic E-state index is 12.3. The number of ether oxygens (including phenoxy) is 2.